The minimum atomic E-state index is 0.134. The Kier molecular flexibility index (Phi) is 4.74. The fourth-order valence-electron chi connectivity index (χ4n) is 2.40. The highest BCUT2D eigenvalue weighted by molar-refractivity contribution is 5.82. The molecule has 0 radical (unpaired) electrons. The van der Waals surface area contributed by atoms with Gasteiger partial charge in [-0.25, -0.2) is 0 Å². The Balaban J connectivity index is 1.98. The van der Waals surface area contributed by atoms with Crippen LogP contribution in [0.25, 0.3) is 10.9 Å². The number of fused-ring (bicyclic) bond motifs is 1. The molecule has 1 aromatic carbocycles. The second-order valence-electron chi connectivity index (χ2n) is 4.76. The summed E-state index contributed by atoms with van der Waals surface area (Å²) in [7, 11) is 1.94. The van der Waals surface area contributed by atoms with Gasteiger partial charge in [0.1, 0.15) is 0 Å². The predicted octanol–water partition coefficient (Wildman–Crippen LogP) is 1.53. The molecule has 1 N–H and O–H groups in total. The van der Waals surface area contributed by atoms with Crippen molar-refractivity contribution in [2.75, 3.05) is 19.6 Å². The van der Waals surface area contributed by atoms with Crippen molar-refractivity contribution in [1.29, 1.82) is 0 Å². The Bertz CT molecular complexity index is 587. The number of para-hydroxylation sites is 1. The maximum Gasteiger partial charge on any atom is 0.236 e. The molecule has 5 nitrogen and oxygen atoms in total. The third kappa shape index (κ3) is 2.99. The molecule has 108 valence electrons. The lowest BCUT2D eigenvalue weighted by molar-refractivity contribution is -0.129. The van der Waals surface area contributed by atoms with Crippen LogP contribution < -0.4 is 5.32 Å². The van der Waals surface area contributed by atoms with E-state index in [0.717, 1.165) is 29.7 Å². The Morgan fingerprint density at radius 3 is 2.70 bits per heavy atom. The molecular weight excluding hydrogens is 252 g/mol. The van der Waals surface area contributed by atoms with Crippen molar-refractivity contribution in [3.05, 3.63) is 30.0 Å². The molecule has 0 aliphatic rings. The summed E-state index contributed by atoms with van der Waals surface area (Å²) in [5.74, 6) is 0.134. The largest absolute Gasteiger partial charge is 0.342 e. The van der Waals surface area contributed by atoms with Crippen LogP contribution in [-0.2, 0) is 18.4 Å². The summed E-state index contributed by atoms with van der Waals surface area (Å²) in [4.78, 5) is 13.7. The van der Waals surface area contributed by atoms with Crippen LogP contribution in [0.5, 0.6) is 0 Å². The summed E-state index contributed by atoms with van der Waals surface area (Å²) >= 11 is 0. The second-order valence-corrected chi connectivity index (χ2v) is 4.76. The van der Waals surface area contributed by atoms with E-state index in [0.29, 0.717) is 13.1 Å². The Morgan fingerprint density at radius 1 is 1.30 bits per heavy atom. The second kappa shape index (κ2) is 6.52. The number of hydrogen-bond donors (Lipinski definition) is 1. The summed E-state index contributed by atoms with van der Waals surface area (Å²) in [6.07, 6.45) is 0. The quantitative estimate of drug-likeness (QED) is 0.869. The number of nitrogens with zero attached hydrogens (tertiary/aromatic N) is 3. The van der Waals surface area contributed by atoms with E-state index in [9.17, 15) is 4.79 Å². The first-order valence-corrected chi connectivity index (χ1v) is 7.06. The summed E-state index contributed by atoms with van der Waals surface area (Å²) < 4.78 is 1.87. The Labute approximate surface area is 119 Å². The lowest BCUT2D eigenvalue weighted by atomic mass is 10.2. The minimum Gasteiger partial charge on any atom is -0.342 e. The van der Waals surface area contributed by atoms with Crippen LogP contribution in [0.1, 0.15) is 19.5 Å². The normalized spacial score (nSPS) is 10.9. The maximum absolute atomic E-state index is 11.9. The van der Waals surface area contributed by atoms with Crippen LogP contribution in [0.3, 0.4) is 0 Å². The van der Waals surface area contributed by atoms with Crippen molar-refractivity contribution in [2.24, 2.45) is 7.05 Å². The minimum absolute atomic E-state index is 0.134. The van der Waals surface area contributed by atoms with E-state index in [4.69, 9.17) is 0 Å². The maximum atomic E-state index is 11.9. The van der Waals surface area contributed by atoms with Crippen LogP contribution in [0.2, 0.25) is 0 Å². The number of nitrogens with one attached hydrogen (secondary N) is 1. The lowest BCUT2D eigenvalue weighted by Gasteiger charge is -2.18. The molecule has 0 fully saturated rings. The third-order valence-electron chi connectivity index (χ3n) is 3.52. The van der Waals surface area contributed by atoms with Crippen molar-refractivity contribution in [3.8, 4) is 0 Å². The summed E-state index contributed by atoms with van der Waals surface area (Å²) in [5.41, 5.74) is 2.09. The molecule has 0 saturated carbocycles. The Hall–Kier alpha value is -1.88. The van der Waals surface area contributed by atoms with Gasteiger partial charge < -0.3 is 10.2 Å². The zero-order valence-electron chi connectivity index (χ0n) is 12.4. The number of aromatic nitrogens is 2. The molecular formula is C15H22N4O. The van der Waals surface area contributed by atoms with Crippen LogP contribution in [-0.4, -0.2) is 40.2 Å². The number of aryl methyl sites for hydroxylation is 1. The highest BCUT2D eigenvalue weighted by Crippen LogP contribution is 2.16. The third-order valence-corrected chi connectivity index (χ3v) is 3.52. The molecule has 1 amide bonds. The molecule has 0 bridgehead atoms. The van der Waals surface area contributed by atoms with Gasteiger partial charge in [-0.2, -0.15) is 5.10 Å². The van der Waals surface area contributed by atoms with Crippen molar-refractivity contribution in [2.45, 2.75) is 20.4 Å². The number of carbonyl (C=O) groups is 1. The molecule has 0 unspecified atom stereocenters. The van der Waals surface area contributed by atoms with Crippen LogP contribution >= 0.6 is 0 Å². The van der Waals surface area contributed by atoms with E-state index in [2.05, 4.69) is 16.5 Å². The first-order chi connectivity index (χ1) is 9.67. The predicted molar refractivity (Wildman–Crippen MR) is 80.3 cm³/mol. The van der Waals surface area contributed by atoms with E-state index in [1.807, 2.05) is 48.7 Å². The average Bonchev–Trinajstić information content (AvgIpc) is 2.78. The zero-order valence-corrected chi connectivity index (χ0v) is 12.4. The molecule has 5 heteroatoms. The van der Waals surface area contributed by atoms with Gasteiger partial charge in [0.25, 0.3) is 0 Å². The van der Waals surface area contributed by atoms with Gasteiger partial charge in [0.2, 0.25) is 5.91 Å². The van der Waals surface area contributed by atoms with E-state index in [-0.39, 0.29) is 5.91 Å². The van der Waals surface area contributed by atoms with Crippen molar-refractivity contribution in [3.63, 3.8) is 0 Å². The molecule has 0 atom stereocenters. The summed E-state index contributed by atoms with van der Waals surface area (Å²) in [6, 6.07) is 8.12. The molecule has 2 aromatic rings. The molecule has 0 spiro atoms. The number of rotatable bonds is 6. The fraction of sp³-hybridized carbons (Fsp3) is 0.467. The number of benzene rings is 1. The molecule has 0 saturated heterocycles. The van der Waals surface area contributed by atoms with Crippen molar-refractivity contribution < 1.29 is 4.79 Å². The van der Waals surface area contributed by atoms with Gasteiger partial charge in [0.15, 0.2) is 0 Å². The highest BCUT2D eigenvalue weighted by Gasteiger charge is 2.11. The van der Waals surface area contributed by atoms with Crippen LogP contribution in [0.15, 0.2) is 24.3 Å². The number of hydrogen-bond acceptors (Lipinski definition) is 3. The van der Waals surface area contributed by atoms with Crippen LogP contribution in [0, 0.1) is 0 Å². The van der Waals surface area contributed by atoms with Gasteiger partial charge in [-0.3, -0.25) is 9.48 Å². The smallest absolute Gasteiger partial charge is 0.236 e. The molecule has 0 aliphatic heterocycles. The average molecular weight is 274 g/mol. The standard InChI is InChI=1S/C15H22N4O/c1-4-19(5-2)15(20)11-16-10-13-12-8-6-7-9-14(12)18(3)17-13/h6-9,16H,4-5,10-11H2,1-3H3. The van der Waals surface area contributed by atoms with Crippen molar-refractivity contribution in [1.82, 2.24) is 20.0 Å². The molecule has 0 aliphatic carbocycles. The lowest BCUT2D eigenvalue weighted by Crippen LogP contribution is -2.37. The molecule has 20 heavy (non-hydrogen) atoms. The first-order valence-electron chi connectivity index (χ1n) is 7.06. The van der Waals surface area contributed by atoms with Gasteiger partial charge in [-0.1, -0.05) is 18.2 Å². The van der Waals surface area contributed by atoms with Gasteiger partial charge in [-0.15, -0.1) is 0 Å². The molecule has 1 aromatic heterocycles. The Morgan fingerprint density at radius 2 is 2.00 bits per heavy atom. The zero-order chi connectivity index (χ0) is 14.5. The van der Waals surface area contributed by atoms with E-state index in [1.165, 1.54) is 0 Å². The van der Waals surface area contributed by atoms with Gasteiger partial charge in [0, 0.05) is 32.1 Å². The SMILES string of the molecule is CCN(CC)C(=O)CNCc1nn(C)c2ccccc12. The molecule has 2 rings (SSSR count). The monoisotopic (exact) mass is 274 g/mol. The first kappa shape index (κ1) is 14.5. The van der Waals surface area contributed by atoms with Gasteiger partial charge in [-0.05, 0) is 19.9 Å². The van der Waals surface area contributed by atoms with Gasteiger partial charge in [0.05, 0.1) is 17.8 Å². The fourth-order valence-corrected chi connectivity index (χ4v) is 2.40. The molecule has 1 heterocycles. The topological polar surface area (TPSA) is 50.2 Å². The van der Waals surface area contributed by atoms with E-state index >= 15 is 0 Å². The number of likely N-dealkylation sites (N-methyl/N-ethyl adjacent to an activating group) is 1. The number of carbonyl (C=O) groups excluding carboxylic acids is 1. The number of amides is 1. The van der Waals surface area contributed by atoms with E-state index < -0.39 is 0 Å². The summed E-state index contributed by atoms with van der Waals surface area (Å²) in [5, 5.41) is 8.83. The van der Waals surface area contributed by atoms with Crippen LogP contribution in [0.4, 0.5) is 0 Å². The van der Waals surface area contributed by atoms with E-state index in [1.54, 1.807) is 0 Å². The highest BCUT2D eigenvalue weighted by atomic mass is 16.2. The van der Waals surface area contributed by atoms with Crippen molar-refractivity contribution >= 4 is 16.8 Å². The van der Waals surface area contributed by atoms with Gasteiger partial charge >= 0.3 is 0 Å². The summed E-state index contributed by atoms with van der Waals surface area (Å²) in [6.45, 7) is 6.45.